The first kappa shape index (κ1) is 24.3. The van der Waals surface area contributed by atoms with Crippen molar-refractivity contribution in [1.82, 2.24) is 9.47 Å². The van der Waals surface area contributed by atoms with Crippen LogP contribution in [0.1, 0.15) is 40.9 Å². The van der Waals surface area contributed by atoms with Gasteiger partial charge in [-0.05, 0) is 50.1 Å². The molecular formula is C25H26ClF2N3O3. The lowest BCUT2D eigenvalue weighted by atomic mass is 10.0. The number of halogens is 3. The van der Waals surface area contributed by atoms with Crippen molar-refractivity contribution >= 4 is 34.2 Å². The Bertz CT molecular complexity index is 1230. The summed E-state index contributed by atoms with van der Waals surface area (Å²) in [5.74, 6) is -4.66. The number of primary amides is 1. The number of benzene rings is 2. The topological polar surface area (TPSA) is 88.6 Å². The Morgan fingerprint density at radius 3 is 2.41 bits per heavy atom. The van der Waals surface area contributed by atoms with Crippen molar-refractivity contribution in [1.29, 1.82) is 0 Å². The molecule has 0 saturated carbocycles. The molecular weight excluding hydrogens is 464 g/mol. The number of Topliss-reactive ketones (excluding diaryl/α,β-unsaturated/α-hetero) is 1. The van der Waals surface area contributed by atoms with Crippen molar-refractivity contribution < 1.29 is 23.5 Å². The van der Waals surface area contributed by atoms with Gasteiger partial charge in [-0.2, -0.15) is 0 Å². The number of nitrogens with two attached hydrogens (primary N) is 1. The number of aromatic nitrogens is 1. The number of amides is 1. The largest absolute Gasteiger partial charge is 0.393 e. The van der Waals surface area contributed by atoms with Crippen LogP contribution in [0.5, 0.6) is 0 Å². The quantitative estimate of drug-likeness (QED) is 0.487. The third-order valence-electron chi connectivity index (χ3n) is 6.31. The highest BCUT2D eigenvalue weighted by molar-refractivity contribution is 6.30. The van der Waals surface area contributed by atoms with Gasteiger partial charge in [0.25, 0.3) is 5.92 Å². The van der Waals surface area contributed by atoms with Crippen molar-refractivity contribution in [2.24, 2.45) is 5.73 Å². The smallest absolute Gasteiger partial charge is 0.282 e. The van der Waals surface area contributed by atoms with Gasteiger partial charge in [0.2, 0.25) is 5.91 Å². The predicted octanol–water partition coefficient (Wildman–Crippen LogP) is 4.20. The number of nitrogens with zero attached hydrogens (tertiary/aromatic N) is 2. The van der Waals surface area contributed by atoms with E-state index in [9.17, 15) is 23.5 Å². The molecule has 3 aromatic rings. The molecule has 34 heavy (non-hydrogen) atoms. The number of ketones is 1. The van der Waals surface area contributed by atoms with Gasteiger partial charge >= 0.3 is 0 Å². The molecule has 0 unspecified atom stereocenters. The van der Waals surface area contributed by atoms with Crippen LogP contribution in [0.2, 0.25) is 5.02 Å². The fourth-order valence-corrected chi connectivity index (χ4v) is 4.72. The van der Waals surface area contributed by atoms with E-state index in [1.807, 2.05) is 4.90 Å². The Labute approximate surface area is 200 Å². The number of hydrogen-bond donors (Lipinski definition) is 2. The Morgan fingerprint density at radius 1 is 1.15 bits per heavy atom. The molecule has 3 N–H and O–H groups in total. The van der Waals surface area contributed by atoms with E-state index in [4.69, 9.17) is 17.3 Å². The second kappa shape index (κ2) is 9.44. The lowest BCUT2D eigenvalue weighted by Crippen LogP contribution is -2.39. The maximum atomic E-state index is 14.7. The van der Waals surface area contributed by atoms with Crippen molar-refractivity contribution in [3.8, 4) is 5.69 Å². The number of hydrogen-bond acceptors (Lipinski definition) is 4. The number of aliphatic hydroxyl groups is 1. The average molecular weight is 490 g/mol. The monoisotopic (exact) mass is 489 g/mol. The van der Waals surface area contributed by atoms with Crippen molar-refractivity contribution in [2.75, 3.05) is 19.6 Å². The number of fused-ring (bicyclic) bond motifs is 1. The van der Waals surface area contributed by atoms with E-state index in [0.29, 0.717) is 58.8 Å². The summed E-state index contributed by atoms with van der Waals surface area (Å²) in [5.41, 5.74) is 6.85. The molecule has 0 spiro atoms. The van der Waals surface area contributed by atoms with Gasteiger partial charge < -0.3 is 15.4 Å². The Kier molecular flexibility index (Phi) is 6.75. The number of carbonyl (C=O) groups excluding carboxylic acids is 2. The molecule has 0 radical (unpaired) electrons. The second-order valence-corrected chi connectivity index (χ2v) is 9.22. The third kappa shape index (κ3) is 4.85. The number of rotatable bonds is 7. The summed E-state index contributed by atoms with van der Waals surface area (Å²) in [6, 6.07) is 10.9. The molecule has 1 aliphatic heterocycles. The highest BCUT2D eigenvalue weighted by atomic mass is 35.5. The minimum absolute atomic E-state index is 0.122. The molecule has 9 heteroatoms. The minimum Gasteiger partial charge on any atom is -0.393 e. The maximum Gasteiger partial charge on any atom is 0.282 e. The molecule has 1 saturated heterocycles. The fraction of sp³-hybridized carbons (Fsp3) is 0.360. The molecule has 2 aromatic carbocycles. The van der Waals surface area contributed by atoms with Crippen LogP contribution >= 0.6 is 11.6 Å². The summed E-state index contributed by atoms with van der Waals surface area (Å²) >= 11 is 6.04. The van der Waals surface area contributed by atoms with E-state index in [1.54, 1.807) is 35.8 Å². The number of carbonyl (C=O) groups is 2. The van der Waals surface area contributed by atoms with Crippen molar-refractivity contribution in [3.63, 3.8) is 0 Å². The number of aliphatic hydroxyl groups excluding tert-OH is 1. The standard InChI is InChI=1S/C25H26ClF2N3O3/c1-15-24(22(33)14-30-10-8-19(32)9-11-30)20-7-2-16(25(27,28)13-23(29)34)12-21(20)31(15)18-5-3-17(26)4-6-18/h2-7,12,19,32H,8-11,13-14H2,1H3,(H2,29,34). The highest BCUT2D eigenvalue weighted by Crippen LogP contribution is 2.37. The van der Waals surface area contributed by atoms with Gasteiger partial charge in [0.05, 0.1) is 24.6 Å². The summed E-state index contributed by atoms with van der Waals surface area (Å²) in [4.78, 5) is 26.6. The number of piperidine rings is 1. The molecule has 2 heterocycles. The summed E-state index contributed by atoms with van der Waals surface area (Å²) in [6.45, 7) is 3.19. The second-order valence-electron chi connectivity index (χ2n) is 8.78. The normalized spacial score (nSPS) is 15.7. The Hall–Kier alpha value is -2.81. The van der Waals surface area contributed by atoms with Crippen LogP contribution in [-0.2, 0) is 10.7 Å². The lowest BCUT2D eigenvalue weighted by molar-refractivity contribution is -0.125. The molecule has 1 fully saturated rings. The van der Waals surface area contributed by atoms with Crippen LogP contribution in [-0.4, -0.2) is 52.0 Å². The SMILES string of the molecule is Cc1c(C(=O)CN2CCC(O)CC2)c2ccc(C(F)(F)CC(N)=O)cc2n1-c1ccc(Cl)cc1. The molecule has 0 bridgehead atoms. The first-order valence-corrected chi connectivity index (χ1v) is 11.5. The zero-order chi connectivity index (χ0) is 24.6. The van der Waals surface area contributed by atoms with Gasteiger partial charge in [-0.1, -0.05) is 23.7 Å². The Morgan fingerprint density at radius 2 is 1.79 bits per heavy atom. The van der Waals surface area contributed by atoms with E-state index in [2.05, 4.69) is 0 Å². The van der Waals surface area contributed by atoms with Gasteiger partial charge in [0.1, 0.15) is 0 Å². The van der Waals surface area contributed by atoms with E-state index >= 15 is 0 Å². The van der Waals surface area contributed by atoms with Gasteiger partial charge in [0.15, 0.2) is 5.78 Å². The van der Waals surface area contributed by atoms with Gasteiger partial charge in [0, 0.05) is 46.0 Å². The molecule has 0 atom stereocenters. The van der Waals surface area contributed by atoms with E-state index in [1.165, 1.54) is 18.2 Å². The Balaban J connectivity index is 1.82. The molecule has 0 aliphatic carbocycles. The first-order valence-electron chi connectivity index (χ1n) is 11.1. The molecule has 1 aliphatic rings. The van der Waals surface area contributed by atoms with E-state index in [0.717, 1.165) is 0 Å². The zero-order valence-corrected chi connectivity index (χ0v) is 19.5. The van der Waals surface area contributed by atoms with Crippen LogP contribution in [0.15, 0.2) is 42.5 Å². The van der Waals surface area contributed by atoms with E-state index in [-0.39, 0.29) is 24.0 Å². The van der Waals surface area contributed by atoms with Crippen molar-refractivity contribution in [2.45, 2.75) is 38.2 Å². The summed E-state index contributed by atoms with van der Waals surface area (Å²) in [7, 11) is 0. The van der Waals surface area contributed by atoms with Gasteiger partial charge in [-0.15, -0.1) is 0 Å². The molecule has 4 rings (SSSR count). The van der Waals surface area contributed by atoms with Gasteiger partial charge in [-0.25, -0.2) is 8.78 Å². The molecule has 6 nitrogen and oxygen atoms in total. The van der Waals surface area contributed by atoms with Crippen molar-refractivity contribution in [3.05, 3.63) is 64.3 Å². The summed E-state index contributed by atoms with van der Waals surface area (Å²) < 4.78 is 31.2. The lowest BCUT2D eigenvalue weighted by Gasteiger charge is -2.28. The van der Waals surface area contributed by atoms with Gasteiger partial charge in [-0.3, -0.25) is 14.5 Å². The molecule has 1 aromatic heterocycles. The molecule has 1 amide bonds. The number of likely N-dealkylation sites (tertiary alicyclic amines) is 1. The minimum atomic E-state index is -3.44. The average Bonchev–Trinajstić information content (AvgIpc) is 3.06. The van der Waals surface area contributed by atoms with Crippen LogP contribution < -0.4 is 5.73 Å². The van der Waals surface area contributed by atoms with E-state index < -0.39 is 18.3 Å². The van der Waals surface area contributed by atoms with Crippen LogP contribution in [0, 0.1) is 6.92 Å². The summed E-state index contributed by atoms with van der Waals surface area (Å²) in [6.07, 6.45) is -0.236. The zero-order valence-electron chi connectivity index (χ0n) is 18.7. The van der Waals surface area contributed by atoms with Crippen LogP contribution in [0.25, 0.3) is 16.6 Å². The predicted molar refractivity (Wildman–Crippen MR) is 127 cm³/mol. The fourth-order valence-electron chi connectivity index (χ4n) is 4.60. The third-order valence-corrected chi connectivity index (χ3v) is 6.56. The number of alkyl halides is 2. The van der Waals surface area contributed by atoms with Crippen LogP contribution in [0.4, 0.5) is 8.78 Å². The maximum absolute atomic E-state index is 14.7. The summed E-state index contributed by atoms with van der Waals surface area (Å²) in [5, 5.41) is 10.8. The van der Waals surface area contributed by atoms with Crippen LogP contribution in [0.3, 0.4) is 0 Å². The first-order chi connectivity index (χ1) is 16.1. The molecule has 180 valence electrons. The highest BCUT2D eigenvalue weighted by Gasteiger charge is 2.35.